The van der Waals surface area contributed by atoms with E-state index in [1.807, 2.05) is 43.3 Å². The fraction of sp³-hybridized carbons (Fsp3) is 0.0476. The monoisotopic (exact) mass is 329 g/mol. The van der Waals surface area contributed by atoms with Crippen LogP contribution in [-0.4, -0.2) is 5.91 Å². The predicted molar refractivity (Wildman–Crippen MR) is 99.1 cm³/mol. The molecule has 0 bridgehead atoms. The Kier molecular flexibility index (Phi) is 3.58. The smallest absolute Gasteiger partial charge is 0.360 e. The average Bonchev–Trinajstić information content (AvgIpc) is 2.62. The summed E-state index contributed by atoms with van der Waals surface area (Å²) in [5.74, 6) is -0.337. The summed E-state index contributed by atoms with van der Waals surface area (Å²) in [6.45, 7) is 1.91. The fourth-order valence-electron chi connectivity index (χ4n) is 2.94. The molecule has 0 aliphatic carbocycles. The van der Waals surface area contributed by atoms with Gasteiger partial charge in [-0.3, -0.25) is 4.79 Å². The molecule has 4 nitrogen and oxygen atoms in total. The minimum absolute atomic E-state index is 0.135. The van der Waals surface area contributed by atoms with E-state index < -0.39 is 5.63 Å². The second kappa shape index (κ2) is 5.91. The highest BCUT2D eigenvalue weighted by Gasteiger charge is 2.12. The van der Waals surface area contributed by atoms with Crippen molar-refractivity contribution in [1.29, 1.82) is 0 Å². The molecular formula is C21H15NO3. The molecule has 3 aromatic carbocycles. The summed E-state index contributed by atoms with van der Waals surface area (Å²) < 4.78 is 5.39. The van der Waals surface area contributed by atoms with Crippen molar-refractivity contribution in [2.75, 3.05) is 5.32 Å². The van der Waals surface area contributed by atoms with Crippen molar-refractivity contribution in [3.8, 4) is 0 Å². The Labute approximate surface area is 143 Å². The van der Waals surface area contributed by atoms with Gasteiger partial charge in [-0.05, 0) is 42.0 Å². The van der Waals surface area contributed by atoms with Crippen LogP contribution in [0.25, 0.3) is 21.7 Å². The summed E-state index contributed by atoms with van der Waals surface area (Å²) in [6.07, 6.45) is 0. The van der Waals surface area contributed by atoms with Gasteiger partial charge < -0.3 is 9.73 Å². The van der Waals surface area contributed by atoms with Gasteiger partial charge in [0.05, 0.1) is 0 Å². The van der Waals surface area contributed by atoms with Crippen LogP contribution in [0.15, 0.2) is 75.9 Å². The third kappa shape index (κ3) is 2.78. The molecule has 25 heavy (non-hydrogen) atoms. The lowest BCUT2D eigenvalue weighted by atomic mass is 10.1. The van der Waals surface area contributed by atoms with Gasteiger partial charge in [-0.25, -0.2) is 4.79 Å². The minimum Gasteiger partial charge on any atom is -0.421 e. The van der Waals surface area contributed by atoms with E-state index in [1.165, 1.54) is 0 Å². The number of nitrogens with one attached hydrogen (secondary N) is 1. The van der Waals surface area contributed by atoms with Crippen LogP contribution in [0, 0.1) is 6.92 Å². The van der Waals surface area contributed by atoms with Crippen LogP contribution in [0.4, 0.5) is 5.69 Å². The third-order valence-electron chi connectivity index (χ3n) is 4.17. The average molecular weight is 329 g/mol. The minimum atomic E-state index is -0.566. The lowest BCUT2D eigenvalue weighted by Crippen LogP contribution is -2.17. The number of fused-ring (bicyclic) bond motifs is 3. The Hall–Kier alpha value is -3.40. The maximum Gasteiger partial charge on any atom is 0.360 e. The summed E-state index contributed by atoms with van der Waals surface area (Å²) in [4.78, 5) is 24.6. The Morgan fingerprint density at radius 3 is 2.60 bits per heavy atom. The molecule has 0 fully saturated rings. The zero-order valence-electron chi connectivity index (χ0n) is 13.6. The standard InChI is InChI=1S/C21H15NO3/c1-13-5-4-7-15(11-13)20(23)22-18-12-17-16-8-3-2-6-14(16)9-10-19(17)25-21(18)24/h2-12H,1H3,(H,22,23). The Balaban J connectivity index is 1.81. The molecular weight excluding hydrogens is 314 g/mol. The molecule has 1 heterocycles. The first-order chi connectivity index (χ1) is 12.1. The van der Waals surface area contributed by atoms with Crippen molar-refractivity contribution >= 4 is 33.3 Å². The number of hydrogen-bond acceptors (Lipinski definition) is 3. The van der Waals surface area contributed by atoms with E-state index in [1.54, 1.807) is 30.3 Å². The number of carbonyl (C=O) groups excluding carboxylic acids is 1. The number of aryl methyl sites for hydroxylation is 1. The number of rotatable bonds is 2. The van der Waals surface area contributed by atoms with Gasteiger partial charge in [0, 0.05) is 10.9 Å². The fourth-order valence-corrected chi connectivity index (χ4v) is 2.94. The molecule has 0 radical (unpaired) electrons. The molecule has 0 saturated heterocycles. The van der Waals surface area contributed by atoms with E-state index in [9.17, 15) is 9.59 Å². The zero-order chi connectivity index (χ0) is 17.4. The van der Waals surface area contributed by atoms with E-state index in [2.05, 4.69) is 5.32 Å². The molecule has 4 aromatic rings. The van der Waals surface area contributed by atoms with E-state index >= 15 is 0 Å². The van der Waals surface area contributed by atoms with Crippen molar-refractivity contribution in [2.45, 2.75) is 6.92 Å². The van der Waals surface area contributed by atoms with Gasteiger partial charge in [0.1, 0.15) is 11.3 Å². The highest BCUT2D eigenvalue weighted by atomic mass is 16.4. The van der Waals surface area contributed by atoms with Crippen LogP contribution in [0.3, 0.4) is 0 Å². The molecule has 1 amide bonds. The summed E-state index contributed by atoms with van der Waals surface area (Å²) in [7, 11) is 0. The first-order valence-corrected chi connectivity index (χ1v) is 7.95. The van der Waals surface area contributed by atoms with Crippen molar-refractivity contribution in [3.05, 3.63) is 88.3 Å². The molecule has 122 valence electrons. The first kappa shape index (κ1) is 15.1. The molecule has 0 saturated carbocycles. The van der Waals surface area contributed by atoms with Crippen LogP contribution >= 0.6 is 0 Å². The number of amides is 1. The normalized spacial score (nSPS) is 10.9. The van der Waals surface area contributed by atoms with Gasteiger partial charge in [-0.1, -0.05) is 48.0 Å². The first-order valence-electron chi connectivity index (χ1n) is 7.95. The van der Waals surface area contributed by atoms with E-state index in [4.69, 9.17) is 4.42 Å². The quantitative estimate of drug-likeness (QED) is 0.435. The Bertz CT molecular complexity index is 1170. The van der Waals surface area contributed by atoms with Crippen molar-refractivity contribution < 1.29 is 9.21 Å². The van der Waals surface area contributed by atoms with Gasteiger partial charge in [-0.15, -0.1) is 0 Å². The summed E-state index contributed by atoms with van der Waals surface area (Å²) in [5.41, 5.74) is 1.54. The largest absolute Gasteiger partial charge is 0.421 e. The number of hydrogen-bond donors (Lipinski definition) is 1. The lowest BCUT2D eigenvalue weighted by molar-refractivity contribution is 0.102. The molecule has 0 atom stereocenters. The van der Waals surface area contributed by atoms with Crippen molar-refractivity contribution in [1.82, 2.24) is 0 Å². The number of benzene rings is 3. The van der Waals surface area contributed by atoms with Gasteiger partial charge in [0.25, 0.3) is 5.91 Å². The Morgan fingerprint density at radius 2 is 1.76 bits per heavy atom. The summed E-state index contributed by atoms with van der Waals surface area (Å²) in [6, 6.07) is 20.4. The van der Waals surface area contributed by atoms with Crippen LogP contribution in [-0.2, 0) is 0 Å². The molecule has 0 aliphatic rings. The zero-order valence-corrected chi connectivity index (χ0v) is 13.6. The molecule has 0 spiro atoms. The second-order valence-electron chi connectivity index (χ2n) is 5.97. The second-order valence-corrected chi connectivity index (χ2v) is 5.97. The maximum atomic E-state index is 12.4. The Morgan fingerprint density at radius 1 is 0.920 bits per heavy atom. The van der Waals surface area contributed by atoms with Gasteiger partial charge in [-0.2, -0.15) is 0 Å². The van der Waals surface area contributed by atoms with Gasteiger partial charge in [0.15, 0.2) is 0 Å². The highest BCUT2D eigenvalue weighted by Crippen LogP contribution is 2.26. The van der Waals surface area contributed by atoms with Gasteiger partial charge >= 0.3 is 5.63 Å². The number of carbonyl (C=O) groups is 1. The maximum absolute atomic E-state index is 12.4. The number of anilines is 1. The molecule has 0 unspecified atom stereocenters. The van der Waals surface area contributed by atoms with E-state index in [0.717, 1.165) is 21.7 Å². The van der Waals surface area contributed by atoms with Crippen LogP contribution in [0.1, 0.15) is 15.9 Å². The SMILES string of the molecule is Cc1cccc(C(=O)Nc2cc3c(ccc4ccccc43)oc2=O)c1. The lowest BCUT2D eigenvalue weighted by Gasteiger charge is -2.07. The molecule has 1 aromatic heterocycles. The molecule has 4 heteroatoms. The van der Waals surface area contributed by atoms with E-state index in [0.29, 0.717) is 11.1 Å². The third-order valence-corrected chi connectivity index (χ3v) is 4.17. The topological polar surface area (TPSA) is 59.3 Å². The van der Waals surface area contributed by atoms with Crippen LogP contribution < -0.4 is 10.9 Å². The summed E-state index contributed by atoms with van der Waals surface area (Å²) >= 11 is 0. The molecule has 4 rings (SSSR count). The van der Waals surface area contributed by atoms with Crippen LogP contribution in [0.2, 0.25) is 0 Å². The van der Waals surface area contributed by atoms with Crippen LogP contribution in [0.5, 0.6) is 0 Å². The predicted octanol–water partition coefficient (Wildman–Crippen LogP) is 4.51. The molecule has 1 N–H and O–H groups in total. The highest BCUT2D eigenvalue weighted by molar-refractivity contribution is 6.08. The van der Waals surface area contributed by atoms with Crippen molar-refractivity contribution in [2.24, 2.45) is 0 Å². The molecule has 0 aliphatic heterocycles. The van der Waals surface area contributed by atoms with E-state index in [-0.39, 0.29) is 11.6 Å². The summed E-state index contributed by atoms with van der Waals surface area (Å²) in [5, 5.41) is 5.46. The van der Waals surface area contributed by atoms with Gasteiger partial charge in [0.2, 0.25) is 0 Å². The van der Waals surface area contributed by atoms with Crippen molar-refractivity contribution in [3.63, 3.8) is 0 Å².